The molecule has 4 nitrogen and oxygen atoms in total. The summed E-state index contributed by atoms with van der Waals surface area (Å²) >= 11 is 0. The van der Waals surface area contributed by atoms with E-state index in [1.54, 1.807) is 24.3 Å². The molecule has 0 spiro atoms. The van der Waals surface area contributed by atoms with Crippen molar-refractivity contribution in [3.63, 3.8) is 0 Å². The molecule has 0 saturated heterocycles. The van der Waals surface area contributed by atoms with E-state index in [-0.39, 0.29) is 18.8 Å². The van der Waals surface area contributed by atoms with Crippen molar-refractivity contribution in [3.05, 3.63) is 59.7 Å². The first-order valence-electron chi connectivity index (χ1n) is 7.13. The van der Waals surface area contributed by atoms with Crippen LogP contribution in [-0.2, 0) is 15.1 Å². The minimum Gasteiger partial charge on any atom is -0.466 e. The summed E-state index contributed by atoms with van der Waals surface area (Å²) in [5, 5.41) is 11.0. The monoisotopic (exact) mass is 296 g/mol. The maximum Gasteiger partial charge on any atom is 0.302 e. The molecule has 1 unspecified atom stereocenters. The van der Waals surface area contributed by atoms with E-state index in [1.165, 1.54) is 6.92 Å². The molecule has 1 aliphatic rings. The van der Waals surface area contributed by atoms with Gasteiger partial charge in [-0.05, 0) is 16.7 Å². The van der Waals surface area contributed by atoms with Crippen molar-refractivity contribution in [2.45, 2.75) is 18.9 Å². The Morgan fingerprint density at radius 2 is 1.64 bits per heavy atom. The van der Waals surface area contributed by atoms with Gasteiger partial charge in [0, 0.05) is 18.9 Å². The molecule has 0 radical (unpaired) electrons. The number of fused-ring (bicyclic) bond motifs is 3. The first-order chi connectivity index (χ1) is 10.5. The smallest absolute Gasteiger partial charge is 0.302 e. The largest absolute Gasteiger partial charge is 0.466 e. The maximum absolute atomic E-state index is 12.8. The van der Waals surface area contributed by atoms with Gasteiger partial charge in [0.2, 0.25) is 0 Å². The lowest BCUT2D eigenvalue weighted by molar-refractivity contribution is -0.142. The molecular formula is C18H16O4. The van der Waals surface area contributed by atoms with E-state index in [2.05, 4.69) is 0 Å². The minimum absolute atomic E-state index is 0.00588. The van der Waals surface area contributed by atoms with Crippen molar-refractivity contribution in [2.24, 2.45) is 0 Å². The minimum atomic E-state index is -1.67. The molecule has 0 aliphatic heterocycles. The SMILES string of the molecule is CC(=O)OCCC1(O)C(=O)c2ccccc2-c2ccccc21. The fraction of sp³-hybridized carbons (Fsp3) is 0.222. The Morgan fingerprint density at radius 3 is 2.32 bits per heavy atom. The van der Waals surface area contributed by atoms with Gasteiger partial charge in [-0.25, -0.2) is 0 Å². The summed E-state index contributed by atoms with van der Waals surface area (Å²) in [6.45, 7) is 1.30. The molecule has 0 amide bonds. The fourth-order valence-electron chi connectivity index (χ4n) is 2.93. The molecule has 4 heteroatoms. The second-order valence-corrected chi connectivity index (χ2v) is 5.37. The molecule has 1 atom stereocenters. The summed E-state index contributed by atoms with van der Waals surface area (Å²) in [7, 11) is 0. The number of esters is 1. The van der Waals surface area contributed by atoms with Crippen LogP contribution in [0, 0.1) is 0 Å². The highest BCUT2D eigenvalue weighted by atomic mass is 16.5. The molecule has 112 valence electrons. The number of hydrogen-bond acceptors (Lipinski definition) is 4. The number of ketones is 1. The van der Waals surface area contributed by atoms with Crippen LogP contribution in [0.15, 0.2) is 48.5 Å². The van der Waals surface area contributed by atoms with Gasteiger partial charge in [-0.2, -0.15) is 0 Å². The van der Waals surface area contributed by atoms with Crippen molar-refractivity contribution in [2.75, 3.05) is 6.61 Å². The van der Waals surface area contributed by atoms with Crippen LogP contribution in [0.4, 0.5) is 0 Å². The Kier molecular flexibility index (Phi) is 3.54. The van der Waals surface area contributed by atoms with Crippen LogP contribution in [-0.4, -0.2) is 23.5 Å². The normalized spacial score (nSPS) is 19.3. The highest BCUT2D eigenvalue weighted by molar-refractivity contribution is 6.11. The van der Waals surface area contributed by atoms with E-state index in [0.717, 1.165) is 11.1 Å². The Balaban J connectivity index is 2.09. The van der Waals surface area contributed by atoms with Gasteiger partial charge < -0.3 is 9.84 Å². The predicted octanol–water partition coefficient (Wildman–Crippen LogP) is 2.69. The van der Waals surface area contributed by atoms with Crippen LogP contribution >= 0.6 is 0 Å². The average molecular weight is 296 g/mol. The van der Waals surface area contributed by atoms with Crippen LogP contribution < -0.4 is 0 Å². The zero-order chi connectivity index (χ0) is 15.7. The quantitative estimate of drug-likeness (QED) is 0.885. The summed E-state index contributed by atoms with van der Waals surface area (Å²) in [4.78, 5) is 23.7. The molecule has 1 N–H and O–H groups in total. The van der Waals surface area contributed by atoms with Crippen LogP contribution in [0.3, 0.4) is 0 Å². The lowest BCUT2D eigenvalue weighted by Gasteiger charge is -2.34. The first kappa shape index (κ1) is 14.5. The first-order valence-corrected chi connectivity index (χ1v) is 7.13. The van der Waals surface area contributed by atoms with Crippen LogP contribution in [0.25, 0.3) is 11.1 Å². The predicted molar refractivity (Wildman–Crippen MR) is 81.4 cm³/mol. The molecule has 22 heavy (non-hydrogen) atoms. The van der Waals surface area contributed by atoms with Gasteiger partial charge in [0.25, 0.3) is 0 Å². The second kappa shape index (κ2) is 5.39. The average Bonchev–Trinajstić information content (AvgIpc) is 2.53. The zero-order valence-corrected chi connectivity index (χ0v) is 12.2. The number of Topliss-reactive ketones (excluding diaryl/α,β-unsaturated/α-hetero) is 1. The Bertz CT molecular complexity index is 750. The Hall–Kier alpha value is -2.46. The third-order valence-electron chi connectivity index (χ3n) is 3.98. The summed E-state index contributed by atoms with van der Waals surface area (Å²) in [6.07, 6.45) is 0.0385. The van der Waals surface area contributed by atoms with E-state index in [4.69, 9.17) is 4.74 Å². The molecule has 1 aliphatic carbocycles. The molecular weight excluding hydrogens is 280 g/mol. The number of hydrogen-bond donors (Lipinski definition) is 1. The third-order valence-corrected chi connectivity index (χ3v) is 3.98. The molecule has 0 heterocycles. The molecule has 2 aromatic rings. The van der Waals surface area contributed by atoms with Crippen molar-refractivity contribution in [1.82, 2.24) is 0 Å². The van der Waals surface area contributed by atoms with Crippen molar-refractivity contribution >= 4 is 11.8 Å². The van der Waals surface area contributed by atoms with E-state index in [9.17, 15) is 14.7 Å². The van der Waals surface area contributed by atoms with Gasteiger partial charge >= 0.3 is 5.97 Å². The molecule has 2 aromatic carbocycles. The van der Waals surface area contributed by atoms with Crippen molar-refractivity contribution < 1.29 is 19.4 Å². The van der Waals surface area contributed by atoms with Gasteiger partial charge in [-0.1, -0.05) is 48.5 Å². The summed E-state index contributed by atoms with van der Waals surface area (Å²) in [6, 6.07) is 14.5. The standard InChI is InChI=1S/C18H16O4/c1-12(19)22-11-10-18(21)16-9-5-4-7-14(16)13-6-2-3-8-15(13)17(18)20/h2-9,21H,10-11H2,1H3. The van der Waals surface area contributed by atoms with E-state index in [0.29, 0.717) is 11.1 Å². The number of benzene rings is 2. The second-order valence-electron chi connectivity index (χ2n) is 5.37. The van der Waals surface area contributed by atoms with E-state index < -0.39 is 11.6 Å². The molecule has 0 bridgehead atoms. The number of carbonyl (C=O) groups excluding carboxylic acids is 2. The van der Waals surface area contributed by atoms with Crippen LogP contribution in [0.2, 0.25) is 0 Å². The molecule has 0 saturated carbocycles. The number of aliphatic hydroxyl groups is 1. The summed E-state index contributed by atoms with van der Waals surface area (Å²) in [5.74, 6) is -0.783. The van der Waals surface area contributed by atoms with Crippen molar-refractivity contribution in [1.29, 1.82) is 0 Å². The number of rotatable bonds is 3. The van der Waals surface area contributed by atoms with Gasteiger partial charge in [0.15, 0.2) is 11.4 Å². The number of ether oxygens (including phenoxy) is 1. The zero-order valence-electron chi connectivity index (χ0n) is 12.2. The van der Waals surface area contributed by atoms with E-state index in [1.807, 2.05) is 24.3 Å². The van der Waals surface area contributed by atoms with E-state index >= 15 is 0 Å². The summed E-state index contributed by atoms with van der Waals surface area (Å²) < 4.78 is 4.91. The lowest BCUT2D eigenvalue weighted by Crippen LogP contribution is -2.40. The van der Waals surface area contributed by atoms with Gasteiger partial charge in [-0.3, -0.25) is 9.59 Å². The highest BCUT2D eigenvalue weighted by Gasteiger charge is 2.44. The van der Waals surface area contributed by atoms with Crippen LogP contribution in [0.1, 0.15) is 29.3 Å². The number of carbonyl (C=O) groups is 2. The molecule has 0 aromatic heterocycles. The fourth-order valence-corrected chi connectivity index (χ4v) is 2.93. The van der Waals surface area contributed by atoms with Crippen LogP contribution in [0.5, 0.6) is 0 Å². The van der Waals surface area contributed by atoms with Gasteiger partial charge in [0.1, 0.15) is 0 Å². The maximum atomic E-state index is 12.8. The molecule has 3 rings (SSSR count). The lowest BCUT2D eigenvalue weighted by atomic mass is 9.73. The Labute approximate surface area is 128 Å². The molecule has 0 fully saturated rings. The topological polar surface area (TPSA) is 63.6 Å². The third kappa shape index (κ3) is 2.22. The van der Waals surface area contributed by atoms with Gasteiger partial charge in [-0.15, -0.1) is 0 Å². The summed E-state index contributed by atoms with van der Waals surface area (Å²) in [5.41, 5.74) is 1.04. The Morgan fingerprint density at radius 1 is 1.05 bits per heavy atom. The van der Waals surface area contributed by atoms with Crippen molar-refractivity contribution in [3.8, 4) is 11.1 Å². The van der Waals surface area contributed by atoms with Gasteiger partial charge in [0.05, 0.1) is 6.61 Å². The highest BCUT2D eigenvalue weighted by Crippen LogP contribution is 2.43.